The fourth-order valence-corrected chi connectivity index (χ4v) is 1.87. The molecule has 2 heteroatoms. The van der Waals surface area contributed by atoms with E-state index >= 15 is 0 Å². The maximum absolute atomic E-state index is 5.92. The van der Waals surface area contributed by atoms with Crippen LogP contribution >= 0.6 is 0 Å². The highest BCUT2D eigenvalue weighted by Gasteiger charge is 2.24. The summed E-state index contributed by atoms with van der Waals surface area (Å²) >= 11 is 0. The van der Waals surface area contributed by atoms with E-state index in [1.807, 2.05) is 6.07 Å². The van der Waals surface area contributed by atoms with Gasteiger partial charge in [0.1, 0.15) is 6.10 Å². The lowest BCUT2D eigenvalue weighted by Crippen LogP contribution is -2.31. The Morgan fingerprint density at radius 3 is 3.07 bits per heavy atom. The zero-order valence-electron chi connectivity index (χ0n) is 8.15. The van der Waals surface area contributed by atoms with Crippen LogP contribution in [0.5, 0.6) is 0 Å². The number of fused-ring (bicyclic) bond motifs is 1. The largest absolute Gasteiger partial charge is 0.371 e. The lowest BCUT2D eigenvalue weighted by atomic mass is 9.94. The Kier molecular flexibility index (Phi) is 2.66. The molecule has 1 heterocycles. The highest BCUT2D eigenvalue weighted by atomic mass is 16.5. The van der Waals surface area contributed by atoms with Gasteiger partial charge in [0.15, 0.2) is 0 Å². The van der Waals surface area contributed by atoms with E-state index in [4.69, 9.17) is 10.5 Å². The fraction of sp³-hybridized carbons (Fsp3) is 0.333. The smallest absolute Gasteiger partial charge is 0.101 e. The van der Waals surface area contributed by atoms with E-state index in [-0.39, 0.29) is 12.1 Å². The lowest BCUT2D eigenvalue weighted by molar-refractivity contribution is 0.0342. The first kappa shape index (κ1) is 9.44. The van der Waals surface area contributed by atoms with Crippen LogP contribution in [0.25, 0.3) is 0 Å². The first-order valence-corrected chi connectivity index (χ1v) is 4.90. The Hall–Kier alpha value is -1.12. The van der Waals surface area contributed by atoms with E-state index in [0.717, 1.165) is 13.0 Å². The third-order valence-corrected chi connectivity index (χ3v) is 2.65. The molecule has 2 unspecified atom stereocenters. The van der Waals surface area contributed by atoms with Crippen LogP contribution in [0.4, 0.5) is 0 Å². The Balaban J connectivity index is 2.35. The van der Waals surface area contributed by atoms with E-state index in [1.54, 1.807) is 6.08 Å². The number of nitrogens with two attached hydrogens (primary N) is 1. The summed E-state index contributed by atoms with van der Waals surface area (Å²) in [5, 5.41) is 0. The summed E-state index contributed by atoms with van der Waals surface area (Å²) in [5.74, 6) is 0. The van der Waals surface area contributed by atoms with Gasteiger partial charge in [-0.15, -0.1) is 6.58 Å². The van der Waals surface area contributed by atoms with E-state index in [9.17, 15) is 0 Å². The first-order chi connectivity index (χ1) is 6.83. The van der Waals surface area contributed by atoms with Crippen molar-refractivity contribution in [3.63, 3.8) is 0 Å². The van der Waals surface area contributed by atoms with Crippen LogP contribution in [-0.2, 0) is 11.2 Å². The minimum Gasteiger partial charge on any atom is -0.371 e. The molecule has 0 radical (unpaired) electrons. The highest BCUT2D eigenvalue weighted by Crippen LogP contribution is 2.28. The van der Waals surface area contributed by atoms with Gasteiger partial charge in [0, 0.05) is 0 Å². The molecule has 0 saturated heterocycles. The van der Waals surface area contributed by atoms with Gasteiger partial charge in [-0.2, -0.15) is 0 Å². The van der Waals surface area contributed by atoms with Crippen LogP contribution in [0.15, 0.2) is 36.9 Å². The van der Waals surface area contributed by atoms with Gasteiger partial charge in [-0.3, -0.25) is 0 Å². The second-order valence-corrected chi connectivity index (χ2v) is 3.55. The zero-order valence-corrected chi connectivity index (χ0v) is 8.15. The monoisotopic (exact) mass is 189 g/mol. The molecule has 2 rings (SSSR count). The van der Waals surface area contributed by atoms with Crippen LogP contribution in [0.2, 0.25) is 0 Å². The Bertz CT molecular complexity index is 335. The quantitative estimate of drug-likeness (QED) is 0.720. The summed E-state index contributed by atoms with van der Waals surface area (Å²) < 4.78 is 5.66. The number of benzene rings is 1. The third-order valence-electron chi connectivity index (χ3n) is 2.65. The fourth-order valence-electron chi connectivity index (χ4n) is 1.87. The SMILES string of the molecule is C=CC(N)C1OCCc2ccccc21. The predicted molar refractivity (Wildman–Crippen MR) is 57.0 cm³/mol. The molecule has 74 valence electrons. The number of rotatable bonds is 2. The molecule has 2 atom stereocenters. The summed E-state index contributed by atoms with van der Waals surface area (Å²) in [6.07, 6.45) is 2.71. The van der Waals surface area contributed by atoms with Crippen molar-refractivity contribution in [2.45, 2.75) is 18.6 Å². The summed E-state index contributed by atoms with van der Waals surface area (Å²) in [6, 6.07) is 8.19. The van der Waals surface area contributed by atoms with Gasteiger partial charge in [0.25, 0.3) is 0 Å². The van der Waals surface area contributed by atoms with Gasteiger partial charge in [-0.25, -0.2) is 0 Å². The topological polar surface area (TPSA) is 35.2 Å². The third kappa shape index (κ3) is 1.59. The van der Waals surface area contributed by atoms with E-state index in [0.29, 0.717) is 0 Å². The molecular weight excluding hydrogens is 174 g/mol. The van der Waals surface area contributed by atoms with E-state index < -0.39 is 0 Å². The molecule has 1 aromatic rings. The molecule has 1 aliphatic heterocycles. The second kappa shape index (κ2) is 3.95. The van der Waals surface area contributed by atoms with Crippen molar-refractivity contribution >= 4 is 0 Å². The standard InChI is InChI=1S/C12H15NO/c1-2-11(13)12-10-6-4-3-5-9(10)7-8-14-12/h2-6,11-12H,1,7-8,13H2. The minimum atomic E-state index is -0.114. The average molecular weight is 189 g/mol. The summed E-state index contributed by atoms with van der Waals surface area (Å²) in [5.41, 5.74) is 8.48. The Morgan fingerprint density at radius 1 is 1.50 bits per heavy atom. The molecule has 1 aliphatic rings. The van der Waals surface area contributed by atoms with Crippen LogP contribution < -0.4 is 5.73 Å². The number of hydrogen-bond donors (Lipinski definition) is 1. The molecule has 0 bridgehead atoms. The molecule has 0 spiro atoms. The predicted octanol–water partition coefficient (Wildman–Crippen LogP) is 1.81. The van der Waals surface area contributed by atoms with Gasteiger partial charge in [-0.05, 0) is 17.5 Å². The summed E-state index contributed by atoms with van der Waals surface area (Å²) in [6.45, 7) is 4.46. The molecule has 0 aromatic heterocycles. The van der Waals surface area contributed by atoms with Crippen molar-refractivity contribution in [1.29, 1.82) is 0 Å². The normalized spacial score (nSPS) is 22.5. The van der Waals surface area contributed by atoms with Gasteiger partial charge in [-0.1, -0.05) is 30.3 Å². The Labute approximate surface area is 84.4 Å². The molecule has 0 fully saturated rings. The number of ether oxygens (including phenoxy) is 1. The molecule has 0 aliphatic carbocycles. The second-order valence-electron chi connectivity index (χ2n) is 3.55. The van der Waals surface area contributed by atoms with Gasteiger partial charge in [0.2, 0.25) is 0 Å². The lowest BCUT2D eigenvalue weighted by Gasteiger charge is -2.28. The van der Waals surface area contributed by atoms with E-state index in [1.165, 1.54) is 11.1 Å². The molecule has 0 saturated carbocycles. The first-order valence-electron chi connectivity index (χ1n) is 4.90. The zero-order chi connectivity index (χ0) is 9.97. The van der Waals surface area contributed by atoms with Crippen molar-refractivity contribution < 1.29 is 4.74 Å². The summed E-state index contributed by atoms with van der Waals surface area (Å²) in [7, 11) is 0. The summed E-state index contributed by atoms with van der Waals surface area (Å²) in [4.78, 5) is 0. The highest BCUT2D eigenvalue weighted by molar-refractivity contribution is 5.32. The molecule has 1 aromatic carbocycles. The van der Waals surface area contributed by atoms with Crippen LogP contribution in [-0.4, -0.2) is 12.6 Å². The minimum absolute atomic E-state index is 0.0163. The molecule has 0 amide bonds. The maximum atomic E-state index is 5.92. The molecule has 2 nitrogen and oxygen atoms in total. The maximum Gasteiger partial charge on any atom is 0.101 e. The van der Waals surface area contributed by atoms with Crippen molar-refractivity contribution in [3.05, 3.63) is 48.0 Å². The van der Waals surface area contributed by atoms with Crippen molar-refractivity contribution in [3.8, 4) is 0 Å². The average Bonchev–Trinajstić information content (AvgIpc) is 2.27. The Morgan fingerprint density at radius 2 is 2.29 bits per heavy atom. The number of hydrogen-bond acceptors (Lipinski definition) is 2. The van der Waals surface area contributed by atoms with Crippen molar-refractivity contribution in [1.82, 2.24) is 0 Å². The molecule has 14 heavy (non-hydrogen) atoms. The van der Waals surface area contributed by atoms with Gasteiger partial charge < -0.3 is 10.5 Å². The van der Waals surface area contributed by atoms with Crippen molar-refractivity contribution in [2.24, 2.45) is 5.73 Å². The van der Waals surface area contributed by atoms with Crippen molar-refractivity contribution in [2.75, 3.05) is 6.61 Å². The molecule has 2 N–H and O–H groups in total. The van der Waals surface area contributed by atoms with Gasteiger partial charge in [0.05, 0.1) is 12.6 Å². The molecular formula is C12H15NO. The van der Waals surface area contributed by atoms with Crippen LogP contribution in [0.1, 0.15) is 17.2 Å². The van der Waals surface area contributed by atoms with Crippen LogP contribution in [0, 0.1) is 0 Å². The van der Waals surface area contributed by atoms with E-state index in [2.05, 4.69) is 24.8 Å². The van der Waals surface area contributed by atoms with Crippen LogP contribution in [0.3, 0.4) is 0 Å². The van der Waals surface area contributed by atoms with Gasteiger partial charge >= 0.3 is 0 Å².